The average Bonchev–Trinajstić information content (AvgIpc) is 2.08. The lowest BCUT2D eigenvalue weighted by molar-refractivity contribution is 0.425. The molecule has 78 valence electrons. The van der Waals surface area contributed by atoms with Crippen molar-refractivity contribution in [2.75, 3.05) is 0 Å². The molecular formula is C12H18IN. The van der Waals surface area contributed by atoms with E-state index >= 15 is 0 Å². The van der Waals surface area contributed by atoms with Crippen molar-refractivity contribution in [3.8, 4) is 0 Å². The van der Waals surface area contributed by atoms with Gasteiger partial charge in [0.05, 0.1) is 0 Å². The molecule has 0 fully saturated rings. The molecule has 2 heteroatoms. The summed E-state index contributed by atoms with van der Waals surface area (Å²) in [5.74, 6) is 0. The standard InChI is InChI=1S/C12H18IN/c1-3-8-12(2,14)9-10-4-6-11(13)7-5-10/h4-7H,3,8-9,14H2,1-2H3. The van der Waals surface area contributed by atoms with Gasteiger partial charge < -0.3 is 5.73 Å². The molecule has 0 spiro atoms. The molecule has 0 bridgehead atoms. The predicted octanol–water partition coefficient (Wildman–Crippen LogP) is 3.35. The second-order valence-corrected chi connectivity index (χ2v) is 5.45. The summed E-state index contributed by atoms with van der Waals surface area (Å²) in [5, 5.41) is 0. The summed E-state index contributed by atoms with van der Waals surface area (Å²) in [6, 6.07) is 8.61. The Hall–Kier alpha value is -0.0900. The lowest BCUT2D eigenvalue weighted by atomic mass is 9.90. The fourth-order valence-corrected chi connectivity index (χ4v) is 2.09. The van der Waals surface area contributed by atoms with Crippen molar-refractivity contribution in [3.63, 3.8) is 0 Å². The van der Waals surface area contributed by atoms with Crippen molar-refractivity contribution in [2.24, 2.45) is 5.73 Å². The third-order valence-electron chi connectivity index (χ3n) is 2.34. The summed E-state index contributed by atoms with van der Waals surface area (Å²) < 4.78 is 1.28. The highest BCUT2D eigenvalue weighted by molar-refractivity contribution is 14.1. The van der Waals surface area contributed by atoms with E-state index in [9.17, 15) is 0 Å². The van der Waals surface area contributed by atoms with Crippen molar-refractivity contribution < 1.29 is 0 Å². The van der Waals surface area contributed by atoms with Crippen molar-refractivity contribution in [2.45, 2.75) is 38.6 Å². The molecule has 14 heavy (non-hydrogen) atoms. The smallest absolute Gasteiger partial charge is 0.0166 e. The van der Waals surface area contributed by atoms with Crippen LogP contribution in [0.1, 0.15) is 32.3 Å². The minimum atomic E-state index is -0.0540. The van der Waals surface area contributed by atoms with E-state index in [4.69, 9.17) is 5.73 Å². The zero-order chi connectivity index (χ0) is 10.6. The molecule has 0 aromatic heterocycles. The van der Waals surface area contributed by atoms with Gasteiger partial charge in [-0.1, -0.05) is 25.5 Å². The van der Waals surface area contributed by atoms with Crippen LogP contribution < -0.4 is 5.73 Å². The summed E-state index contributed by atoms with van der Waals surface area (Å²) in [6.07, 6.45) is 3.20. The first kappa shape index (κ1) is 12.0. The molecule has 2 N–H and O–H groups in total. The third-order valence-corrected chi connectivity index (χ3v) is 3.06. The Labute approximate surface area is 100 Å². The Morgan fingerprint density at radius 3 is 2.36 bits per heavy atom. The lowest BCUT2D eigenvalue weighted by Gasteiger charge is -2.24. The van der Waals surface area contributed by atoms with Crippen LogP contribution in [0.3, 0.4) is 0 Å². The molecule has 0 heterocycles. The maximum absolute atomic E-state index is 6.20. The van der Waals surface area contributed by atoms with Crippen LogP contribution in [0.15, 0.2) is 24.3 Å². The molecule has 0 aliphatic heterocycles. The molecule has 0 amide bonds. The van der Waals surface area contributed by atoms with Crippen LogP contribution in [0.5, 0.6) is 0 Å². The van der Waals surface area contributed by atoms with Gasteiger partial charge in [0.15, 0.2) is 0 Å². The van der Waals surface area contributed by atoms with Gasteiger partial charge >= 0.3 is 0 Å². The quantitative estimate of drug-likeness (QED) is 0.848. The molecule has 1 unspecified atom stereocenters. The Bertz CT molecular complexity index is 277. The van der Waals surface area contributed by atoms with E-state index in [0.717, 1.165) is 19.3 Å². The molecular weight excluding hydrogens is 285 g/mol. The molecule has 0 saturated carbocycles. The number of benzene rings is 1. The van der Waals surface area contributed by atoms with Crippen LogP contribution in [-0.4, -0.2) is 5.54 Å². The van der Waals surface area contributed by atoms with Crippen LogP contribution in [-0.2, 0) is 6.42 Å². The van der Waals surface area contributed by atoms with Gasteiger partial charge in [0.25, 0.3) is 0 Å². The predicted molar refractivity (Wildman–Crippen MR) is 70.4 cm³/mol. The number of hydrogen-bond donors (Lipinski definition) is 1. The summed E-state index contributed by atoms with van der Waals surface area (Å²) in [4.78, 5) is 0. The molecule has 1 aromatic rings. The molecule has 1 atom stereocenters. The van der Waals surface area contributed by atoms with Crippen molar-refractivity contribution >= 4 is 22.6 Å². The summed E-state index contributed by atoms with van der Waals surface area (Å²) in [7, 11) is 0. The van der Waals surface area contributed by atoms with Crippen LogP contribution in [0.4, 0.5) is 0 Å². The molecule has 1 nitrogen and oxygen atoms in total. The number of rotatable bonds is 4. The van der Waals surface area contributed by atoms with Gasteiger partial charge in [-0.25, -0.2) is 0 Å². The highest BCUT2D eigenvalue weighted by Gasteiger charge is 2.17. The lowest BCUT2D eigenvalue weighted by Crippen LogP contribution is -2.38. The van der Waals surface area contributed by atoms with E-state index in [1.54, 1.807) is 0 Å². The monoisotopic (exact) mass is 303 g/mol. The van der Waals surface area contributed by atoms with Gasteiger partial charge in [0.2, 0.25) is 0 Å². The van der Waals surface area contributed by atoms with E-state index in [1.807, 2.05) is 0 Å². The maximum atomic E-state index is 6.20. The van der Waals surface area contributed by atoms with Gasteiger partial charge in [-0.15, -0.1) is 0 Å². The Morgan fingerprint density at radius 2 is 1.86 bits per heavy atom. The van der Waals surface area contributed by atoms with Crippen LogP contribution >= 0.6 is 22.6 Å². The largest absolute Gasteiger partial charge is 0.325 e. The number of hydrogen-bond acceptors (Lipinski definition) is 1. The van der Waals surface area contributed by atoms with Gasteiger partial charge in [0, 0.05) is 9.11 Å². The van der Waals surface area contributed by atoms with Crippen LogP contribution in [0.25, 0.3) is 0 Å². The first-order valence-electron chi connectivity index (χ1n) is 5.07. The molecule has 0 radical (unpaired) electrons. The van der Waals surface area contributed by atoms with Crippen molar-refractivity contribution in [1.82, 2.24) is 0 Å². The van der Waals surface area contributed by atoms with Crippen LogP contribution in [0.2, 0.25) is 0 Å². The van der Waals surface area contributed by atoms with Crippen molar-refractivity contribution in [3.05, 3.63) is 33.4 Å². The second-order valence-electron chi connectivity index (χ2n) is 4.21. The zero-order valence-electron chi connectivity index (χ0n) is 8.89. The highest BCUT2D eigenvalue weighted by Crippen LogP contribution is 2.16. The first-order valence-corrected chi connectivity index (χ1v) is 6.15. The Balaban J connectivity index is 2.64. The molecule has 0 saturated heterocycles. The fourth-order valence-electron chi connectivity index (χ4n) is 1.73. The van der Waals surface area contributed by atoms with Gasteiger partial charge in [-0.05, 0) is 60.1 Å². The molecule has 0 aliphatic rings. The highest BCUT2D eigenvalue weighted by atomic mass is 127. The maximum Gasteiger partial charge on any atom is 0.0166 e. The van der Waals surface area contributed by atoms with E-state index in [1.165, 1.54) is 9.13 Å². The Morgan fingerprint density at radius 1 is 1.29 bits per heavy atom. The molecule has 1 rings (SSSR count). The zero-order valence-corrected chi connectivity index (χ0v) is 11.0. The van der Waals surface area contributed by atoms with E-state index in [-0.39, 0.29) is 5.54 Å². The summed E-state index contributed by atoms with van der Waals surface area (Å²) in [5.41, 5.74) is 7.48. The van der Waals surface area contributed by atoms with Crippen LogP contribution in [0, 0.1) is 3.57 Å². The number of halogens is 1. The topological polar surface area (TPSA) is 26.0 Å². The minimum Gasteiger partial charge on any atom is -0.325 e. The first-order chi connectivity index (χ1) is 6.53. The summed E-state index contributed by atoms with van der Waals surface area (Å²) >= 11 is 2.32. The van der Waals surface area contributed by atoms with Gasteiger partial charge in [-0.3, -0.25) is 0 Å². The van der Waals surface area contributed by atoms with Crippen molar-refractivity contribution in [1.29, 1.82) is 0 Å². The average molecular weight is 303 g/mol. The van der Waals surface area contributed by atoms with E-state index in [0.29, 0.717) is 0 Å². The summed E-state index contributed by atoms with van der Waals surface area (Å²) in [6.45, 7) is 4.31. The molecule has 0 aliphatic carbocycles. The second kappa shape index (κ2) is 5.12. The van der Waals surface area contributed by atoms with E-state index < -0.39 is 0 Å². The normalized spacial score (nSPS) is 15.1. The SMILES string of the molecule is CCCC(C)(N)Cc1ccc(I)cc1. The van der Waals surface area contributed by atoms with E-state index in [2.05, 4.69) is 60.7 Å². The van der Waals surface area contributed by atoms with Gasteiger partial charge in [0.1, 0.15) is 0 Å². The van der Waals surface area contributed by atoms with Gasteiger partial charge in [-0.2, -0.15) is 0 Å². The minimum absolute atomic E-state index is 0.0540. The third kappa shape index (κ3) is 3.96. The Kier molecular flexibility index (Phi) is 4.38. The fraction of sp³-hybridized carbons (Fsp3) is 0.500. The number of nitrogens with two attached hydrogens (primary N) is 1. The molecule has 1 aromatic carbocycles.